The summed E-state index contributed by atoms with van der Waals surface area (Å²) in [6.07, 6.45) is 7.90. The predicted molar refractivity (Wildman–Crippen MR) is 206 cm³/mol. The van der Waals surface area contributed by atoms with Gasteiger partial charge in [0.1, 0.15) is 22.9 Å². The van der Waals surface area contributed by atoms with Crippen LogP contribution in [0.5, 0.6) is 0 Å². The highest BCUT2D eigenvalue weighted by atomic mass is 32.2. The Hall–Kier alpha value is -5.79. The number of nitrogens with two attached hydrogens (primary N) is 1. The Balaban J connectivity index is 1.02. The lowest BCUT2D eigenvalue weighted by molar-refractivity contribution is -0.687. The van der Waals surface area contributed by atoms with E-state index in [-0.39, 0.29) is 34.9 Å². The Morgan fingerprint density at radius 3 is 2.68 bits per heavy atom. The summed E-state index contributed by atoms with van der Waals surface area (Å²) in [5.41, 5.74) is 6.69. The van der Waals surface area contributed by atoms with E-state index in [4.69, 9.17) is 16.0 Å². The third-order valence-electron chi connectivity index (χ3n) is 9.77. The summed E-state index contributed by atoms with van der Waals surface area (Å²) < 4.78 is 3.97. The first kappa shape index (κ1) is 38.5. The molecule has 0 radical (unpaired) electrons. The molecule has 0 saturated carbocycles. The van der Waals surface area contributed by atoms with Gasteiger partial charge in [-0.3, -0.25) is 19.9 Å². The van der Waals surface area contributed by atoms with Gasteiger partial charge in [0.25, 0.3) is 11.8 Å². The molecule has 7 rings (SSSR count). The number of hydrogen-bond acceptors (Lipinski definition) is 13. The number of aliphatic carboxylic acids is 2. The summed E-state index contributed by atoms with van der Waals surface area (Å²) in [6, 6.07) is 11.0. The number of anilines is 1. The van der Waals surface area contributed by atoms with E-state index in [0.717, 1.165) is 64.2 Å². The molecule has 3 aromatic heterocycles. The predicted octanol–water partition coefficient (Wildman–Crippen LogP) is 0.371. The number of aromatic nitrogens is 3. The van der Waals surface area contributed by atoms with Crippen molar-refractivity contribution >= 4 is 74.4 Å². The lowest BCUT2D eigenvalue weighted by Crippen LogP contribution is -2.71. The average Bonchev–Trinajstić information content (AvgIpc) is 3.79. The maximum absolute atomic E-state index is 13.4. The fourth-order valence-electron chi connectivity index (χ4n) is 6.69. The summed E-state index contributed by atoms with van der Waals surface area (Å²) in [7, 11) is 0. The van der Waals surface area contributed by atoms with Gasteiger partial charge in [0.05, 0.1) is 22.6 Å². The van der Waals surface area contributed by atoms with Gasteiger partial charge in [0.15, 0.2) is 29.8 Å². The Morgan fingerprint density at radius 1 is 1.21 bits per heavy atom. The van der Waals surface area contributed by atoms with E-state index < -0.39 is 46.5 Å². The molecule has 3 atom stereocenters. The highest BCUT2D eigenvalue weighted by molar-refractivity contribution is 8.00. The highest BCUT2D eigenvalue weighted by Gasteiger charge is 2.53. The Kier molecular flexibility index (Phi) is 10.8. The number of carbonyl (C=O) groups excluding carboxylic acids is 3. The number of oxime groups is 1. The Morgan fingerprint density at radius 2 is 2.00 bits per heavy atom. The van der Waals surface area contributed by atoms with Crippen LogP contribution in [0.2, 0.25) is 0 Å². The minimum Gasteiger partial charge on any atom is -0.543 e. The molecule has 56 heavy (non-hydrogen) atoms. The molecule has 3 aliphatic rings. The number of β-lactam (4-membered cyclic amide) rings is 1. The molecular formula is C37H40N10O7S2. The fraction of sp³-hybridized carbons (Fsp3) is 0.351. The van der Waals surface area contributed by atoms with Gasteiger partial charge in [0, 0.05) is 53.7 Å². The zero-order valence-electron chi connectivity index (χ0n) is 30.5. The van der Waals surface area contributed by atoms with Crippen molar-refractivity contribution in [1.29, 1.82) is 5.41 Å². The summed E-state index contributed by atoms with van der Waals surface area (Å²) in [5.74, 6) is -3.71. The number of piperidine rings is 1. The van der Waals surface area contributed by atoms with Gasteiger partial charge in [-0.05, 0) is 44.9 Å². The van der Waals surface area contributed by atoms with Crippen LogP contribution in [-0.4, -0.2) is 96.8 Å². The smallest absolute Gasteiger partial charge is 0.350 e. The third-order valence-corrected chi connectivity index (χ3v) is 11.8. The fourth-order valence-corrected chi connectivity index (χ4v) is 8.57. The number of thioether (sulfide) groups is 1. The number of benzene rings is 1. The van der Waals surface area contributed by atoms with Crippen LogP contribution >= 0.6 is 23.1 Å². The van der Waals surface area contributed by atoms with Crippen LogP contribution in [0.15, 0.2) is 76.8 Å². The van der Waals surface area contributed by atoms with Gasteiger partial charge in [-0.2, -0.15) is 0 Å². The minimum absolute atomic E-state index is 0.0140. The number of thiazole rings is 1. The average molecular weight is 801 g/mol. The van der Waals surface area contributed by atoms with E-state index in [1.807, 2.05) is 59.6 Å². The number of fused-ring (bicyclic) bond motifs is 2. The second-order valence-electron chi connectivity index (χ2n) is 14.2. The van der Waals surface area contributed by atoms with Crippen LogP contribution in [0.1, 0.15) is 43.5 Å². The maximum atomic E-state index is 13.4. The van der Waals surface area contributed by atoms with Gasteiger partial charge >= 0.3 is 5.97 Å². The zero-order valence-corrected chi connectivity index (χ0v) is 32.1. The number of rotatable bonds is 13. The highest BCUT2D eigenvalue weighted by Crippen LogP contribution is 2.40. The van der Waals surface area contributed by atoms with Crippen LogP contribution in [0, 0.1) is 5.41 Å². The summed E-state index contributed by atoms with van der Waals surface area (Å²) in [6.45, 7) is 5.17. The van der Waals surface area contributed by atoms with Crippen LogP contribution in [0.3, 0.4) is 0 Å². The lowest BCUT2D eigenvalue weighted by atomic mass is 10.0. The number of carbonyl (C=O) groups is 4. The summed E-state index contributed by atoms with van der Waals surface area (Å²) in [4.78, 5) is 61.2. The first-order valence-corrected chi connectivity index (χ1v) is 19.7. The molecule has 3 aliphatic heterocycles. The molecule has 292 valence electrons. The molecule has 4 aromatic rings. The second kappa shape index (κ2) is 15.8. The lowest BCUT2D eigenvalue weighted by Gasteiger charge is -2.50. The number of amidine groups is 1. The number of nitrogens with zero attached hydrogens (tertiary/aromatic N) is 5. The van der Waals surface area contributed by atoms with E-state index in [1.165, 1.54) is 31.0 Å². The molecule has 0 spiro atoms. The van der Waals surface area contributed by atoms with Gasteiger partial charge in [0.2, 0.25) is 5.60 Å². The molecule has 2 fully saturated rings. The van der Waals surface area contributed by atoms with Gasteiger partial charge in [-0.1, -0.05) is 29.4 Å². The SMILES string of the molecule is CC(C)(ON=C(C(=O)N[C@@H]1C(=O)N2C(C(=O)[O-])=C(C[n+]3ccc4c(ccn4Cc4ccc(C(=N)N[C@@H]5CCCNC5)cc4)c3)CS[C@H]12)c1csc(N)n1)C(=O)O. The molecule has 7 N–H and O–H groups in total. The van der Waals surface area contributed by atoms with Gasteiger partial charge < -0.3 is 46.1 Å². The molecule has 0 unspecified atom stereocenters. The first-order valence-electron chi connectivity index (χ1n) is 17.8. The Bertz CT molecular complexity index is 2280. The molecule has 17 nitrogen and oxygen atoms in total. The topological polar surface area (TPSA) is 244 Å². The van der Waals surface area contributed by atoms with Crippen molar-refractivity contribution in [1.82, 2.24) is 30.4 Å². The number of carboxylic acids is 2. The summed E-state index contributed by atoms with van der Waals surface area (Å²) in [5, 5.41) is 45.2. The molecule has 0 aliphatic carbocycles. The number of nitrogens with one attached hydrogen (secondary N) is 4. The number of hydrogen-bond donors (Lipinski definition) is 6. The van der Waals surface area contributed by atoms with Crippen molar-refractivity contribution in [2.45, 2.75) is 62.8 Å². The zero-order chi connectivity index (χ0) is 39.7. The number of nitrogen functional groups attached to an aromatic ring is 1. The van der Waals surface area contributed by atoms with Crippen molar-refractivity contribution < 1.29 is 38.8 Å². The molecule has 2 amide bonds. The van der Waals surface area contributed by atoms with Crippen LogP contribution in [-0.2, 0) is 37.1 Å². The quantitative estimate of drug-likeness (QED) is 0.0353. The van der Waals surface area contributed by atoms with Crippen molar-refractivity contribution in [2.24, 2.45) is 5.16 Å². The monoisotopic (exact) mass is 800 g/mol. The molecule has 19 heteroatoms. The van der Waals surface area contributed by atoms with Crippen molar-refractivity contribution in [3.8, 4) is 0 Å². The first-order chi connectivity index (χ1) is 26.8. The van der Waals surface area contributed by atoms with Crippen molar-refractivity contribution in [3.05, 3.63) is 88.5 Å². The number of pyridine rings is 1. The van der Waals surface area contributed by atoms with Crippen molar-refractivity contribution in [2.75, 3.05) is 24.6 Å². The molecular weight excluding hydrogens is 761 g/mol. The minimum atomic E-state index is -1.78. The van der Waals surface area contributed by atoms with E-state index >= 15 is 0 Å². The van der Waals surface area contributed by atoms with Gasteiger partial charge in [-0.25, -0.2) is 14.3 Å². The van der Waals surface area contributed by atoms with E-state index in [0.29, 0.717) is 18.0 Å². The molecule has 2 saturated heterocycles. The maximum Gasteiger partial charge on any atom is 0.350 e. The van der Waals surface area contributed by atoms with Crippen LogP contribution in [0.4, 0.5) is 5.13 Å². The van der Waals surface area contributed by atoms with E-state index in [9.17, 15) is 29.4 Å². The molecule has 0 bridgehead atoms. The normalized spacial score (nSPS) is 20.0. The van der Waals surface area contributed by atoms with Crippen LogP contribution < -0.4 is 31.4 Å². The second-order valence-corrected chi connectivity index (χ2v) is 16.2. The van der Waals surface area contributed by atoms with E-state index in [2.05, 4.69) is 30.7 Å². The largest absolute Gasteiger partial charge is 0.543 e. The van der Waals surface area contributed by atoms with Gasteiger partial charge in [-0.15, -0.1) is 23.1 Å². The molecule has 1 aromatic carbocycles. The third kappa shape index (κ3) is 7.96. The number of amides is 2. The van der Waals surface area contributed by atoms with Crippen LogP contribution in [0.25, 0.3) is 10.9 Å². The molecule has 6 heterocycles. The number of carboxylic acid groups (broad SMARTS) is 2. The van der Waals surface area contributed by atoms with Crippen molar-refractivity contribution in [3.63, 3.8) is 0 Å². The standard InChI is InChI=1S/C37H40N10O7S2/c1-37(2,35(52)53)54-44-27(25-19-56-36(39)42-25)31(48)43-28-32(49)47-29(34(50)51)23(18-55-33(28)47)17-45-12-10-26-22(16-45)9-13-46(26)15-20-5-7-21(8-6-20)30(38)41-24-4-3-11-40-14-24/h5-10,12-13,16,19,24,28,33,40H,3-4,11,14-15,17-18H2,1-2H3,(H6-,38,39,41,42,43,48,50,51,52,53)/t24-,28-,33-/m1/s1. The summed E-state index contributed by atoms with van der Waals surface area (Å²) >= 11 is 2.31. The van der Waals surface area contributed by atoms with E-state index in [1.54, 1.807) is 0 Å². The Labute approximate surface area is 329 Å².